The van der Waals surface area contributed by atoms with E-state index >= 15 is 0 Å². The molecule has 1 aromatic heterocycles. The van der Waals surface area contributed by atoms with Gasteiger partial charge >= 0.3 is 12.1 Å². The van der Waals surface area contributed by atoms with Crippen molar-refractivity contribution in [3.8, 4) is 0 Å². The highest BCUT2D eigenvalue weighted by atomic mass is 19.4. The Morgan fingerprint density at radius 2 is 1.65 bits per heavy atom. The monoisotopic (exact) mass is 361 g/mol. The maximum atomic E-state index is 13.3. The lowest BCUT2D eigenvalue weighted by molar-refractivity contribution is -0.138. The molecule has 3 aromatic rings. The number of nitrogens with zero attached hydrogens (tertiary/aromatic N) is 1. The number of carboxylic acid groups (broad SMARTS) is 1. The number of carbonyl (C=O) groups excluding carboxylic acids is 1. The van der Waals surface area contributed by atoms with Crippen LogP contribution in [-0.2, 0) is 17.4 Å². The lowest BCUT2D eigenvalue weighted by Gasteiger charge is -2.14. The minimum absolute atomic E-state index is 0.315. The van der Waals surface area contributed by atoms with Crippen molar-refractivity contribution in [1.82, 2.24) is 4.57 Å². The smallest absolute Gasteiger partial charge is 0.417 e. The second-order valence-electron chi connectivity index (χ2n) is 5.84. The SMILES string of the molecule is Cc1c(CC(=O)O)c2ccccc2n1C(=O)c1ccccc1C(F)(F)F. The summed E-state index contributed by atoms with van der Waals surface area (Å²) in [6, 6.07) is 11.1. The van der Waals surface area contributed by atoms with E-state index in [-0.39, 0.29) is 6.42 Å². The van der Waals surface area contributed by atoms with Crippen LogP contribution in [0.15, 0.2) is 48.5 Å². The molecule has 134 valence electrons. The van der Waals surface area contributed by atoms with Gasteiger partial charge in [0.05, 0.1) is 23.1 Å². The van der Waals surface area contributed by atoms with Crippen molar-refractivity contribution in [3.63, 3.8) is 0 Å². The van der Waals surface area contributed by atoms with Crippen LogP contribution in [0.25, 0.3) is 10.9 Å². The number of para-hydroxylation sites is 1. The molecule has 0 atom stereocenters. The van der Waals surface area contributed by atoms with Crippen LogP contribution in [0, 0.1) is 6.92 Å². The van der Waals surface area contributed by atoms with E-state index in [0.717, 1.165) is 16.7 Å². The van der Waals surface area contributed by atoms with Crippen LogP contribution in [0.2, 0.25) is 0 Å². The van der Waals surface area contributed by atoms with Gasteiger partial charge in [0, 0.05) is 11.1 Å². The van der Waals surface area contributed by atoms with Gasteiger partial charge in [-0.15, -0.1) is 0 Å². The molecule has 1 heterocycles. The van der Waals surface area contributed by atoms with Crippen molar-refractivity contribution in [2.75, 3.05) is 0 Å². The molecule has 3 rings (SSSR count). The standard InChI is InChI=1S/C19H14F3NO3/c1-11-14(10-17(24)25)12-6-3-5-9-16(12)23(11)18(26)13-7-2-4-8-15(13)19(20,21)22/h2-9H,10H2,1H3,(H,24,25). The summed E-state index contributed by atoms with van der Waals surface area (Å²) < 4.78 is 41.0. The van der Waals surface area contributed by atoms with E-state index in [2.05, 4.69) is 0 Å². The molecule has 0 radical (unpaired) electrons. The fraction of sp³-hybridized carbons (Fsp3) is 0.158. The van der Waals surface area contributed by atoms with E-state index in [9.17, 15) is 22.8 Å². The molecular weight excluding hydrogens is 347 g/mol. The number of halogens is 3. The lowest BCUT2D eigenvalue weighted by atomic mass is 10.1. The number of rotatable bonds is 3. The highest BCUT2D eigenvalue weighted by Crippen LogP contribution is 2.34. The van der Waals surface area contributed by atoms with E-state index in [0.29, 0.717) is 22.2 Å². The Labute approximate surface area is 146 Å². The minimum atomic E-state index is -4.67. The molecule has 7 heteroatoms. The summed E-state index contributed by atoms with van der Waals surface area (Å²) in [5.41, 5.74) is -0.405. The van der Waals surface area contributed by atoms with Gasteiger partial charge in [0.15, 0.2) is 0 Å². The van der Waals surface area contributed by atoms with Gasteiger partial charge < -0.3 is 5.11 Å². The molecule has 2 aromatic carbocycles. The van der Waals surface area contributed by atoms with Crippen LogP contribution in [0.3, 0.4) is 0 Å². The Morgan fingerprint density at radius 3 is 2.31 bits per heavy atom. The number of aliphatic carboxylic acids is 1. The highest BCUT2D eigenvalue weighted by molar-refractivity contribution is 6.05. The van der Waals surface area contributed by atoms with E-state index in [1.54, 1.807) is 24.3 Å². The van der Waals surface area contributed by atoms with Crippen LogP contribution in [0.1, 0.15) is 27.2 Å². The molecule has 0 bridgehead atoms. The number of fused-ring (bicyclic) bond motifs is 1. The summed E-state index contributed by atoms with van der Waals surface area (Å²) in [7, 11) is 0. The van der Waals surface area contributed by atoms with Gasteiger partial charge in [-0.2, -0.15) is 13.2 Å². The van der Waals surface area contributed by atoms with Gasteiger partial charge in [-0.3, -0.25) is 14.2 Å². The maximum Gasteiger partial charge on any atom is 0.417 e. The maximum absolute atomic E-state index is 13.3. The van der Waals surface area contributed by atoms with Gasteiger partial charge in [0.2, 0.25) is 0 Å². The highest BCUT2D eigenvalue weighted by Gasteiger charge is 2.35. The Hall–Kier alpha value is -3.09. The summed E-state index contributed by atoms with van der Waals surface area (Å²) in [4.78, 5) is 24.1. The normalized spacial score (nSPS) is 11.7. The summed E-state index contributed by atoms with van der Waals surface area (Å²) in [5.74, 6) is -1.93. The van der Waals surface area contributed by atoms with Gasteiger partial charge in [-0.1, -0.05) is 30.3 Å². The topological polar surface area (TPSA) is 59.3 Å². The van der Waals surface area contributed by atoms with Gasteiger partial charge in [-0.05, 0) is 30.7 Å². The van der Waals surface area contributed by atoms with Crippen LogP contribution in [-0.4, -0.2) is 21.6 Å². The molecule has 4 nitrogen and oxygen atoms in total. The molecular formula is C19H14F3NO3. The predicted molar refractivity (Wildman–Crippen MR) is 89.2 cm³/mol. The third kappa shape index (κ3) is 2.96. The summed E-state index contributed by atoms with van der Waals surface area (Å²) in [6.45, 7) is 1.53. The molecule has 0 saturated carbocycles. The first-order chi connectivity index (χ1) is 12.2. The average Bonchev–Trinajstić information content (AvgIpc) is 2.85. The van der Waals surface area contributed by atoms with E-state index in [4.69, 9.17) is 5.11 Å². The van der Waals surface area contributed by atoms with Gasteiger partial charge in [0.25, 0.3) is 5.91 Å². The van der Waals surface area contributed by atoms with Crippen LogP contribution in [0.4, 0.5) is 13.2 Å². The van der Waals surface area contributed by atoms with Crippen molar-refractivity contribution in [2.45, 2.75) is 19.5 Å². The minimum Gasteiger partial charge on any atom is -0.481 e. The Bertz CT molecular complexity index is 1020. The predicted octanol–water partition coefficient (Wildman–Crippen LogP) is 4.28. The average molecular weight is 361 g/mol. The van der Waals surface area contributed by atoms with E-state index < -0.39 is 29.2 Å². The zero-order valence-electron chi connectivity index (χ0n) is 13.7. The Kier molecular flexibility index (Phi) is 4.31. The fourth-order valence-corrected chi connectivity index (χ4v) is 3.11. The number of carboxylic acids is 1. The molecule has 0 aliphatic heterocycles. The third-order valence-electron chi connectivity index (χ3n) is 4.24. The fourth-order valence-electron chi connectivity index (χ4n) is 3.11. The largest absolute Gasteiger partial charge is 0.481 e. The Morgan fingerprint density at radius 1 is 1.04 bits per heavy atom. The van der Waals surface area contributed by atoms with Crippen LogP contribution >= 0.6 is 0 Å². The van der Waals surface area contributed by atoms with Crippen molar-refractivity contribution in [3.05, 3.63) is 70.9 Å². The van der Waals surface area contributed by atoms with Crippen LogP contribution < -0.4 is 0 Å². The first-order valence-electron chi connectivity index (χ1n) is 7.73. The molecule has 26 heavy (non-hydrogen) atoms. The van der Waals surface area contributed by atoms with Crippen molar-refractivity contribution >= 4 is 22.8 Å². The van der Waals surface area contributed by atoms with Gasteiger partial charge in [0.1, 0.15) is 0 Å². The molecule has 0 fully saturated rings. The molecule has 0 amide bonds. The second-order valence-corrected chi connectivity index (χ2v) is 5.84. The first-order valence-corrected chi connectivity index (χ1v) is 7.73. The first kappa shape index (κ1) is 17.7. The number of hydrogen-bond acceptors (Lipinski definition) is 2. The molecule has 0 spiro atoms. The molecule has 1 N–H and O–H groups in total. The van der Waals surface area contributed by atoms with E-state index in [1.807, 2.05) is 0 Å². The molecule has 0 aliphatic carbocycles. The summed E-state index contributed by atoms with van der Waals surface area (Å²) in [5, 5.41) is 9.66. The summed E-state index contributed by atoms with van der Waals surface area (Å²) in [6.07, 6.45) is -5.00. The molecule has 0 aliphatic rings. The third-order valence-corrected chi connectivity index (χ3v) is 4.24. The quantitative estimate of drug-likeness (QED) is 0.757. The Balaban J connectivity index is 2.26. The van der Waals surface area contributed by atoms with Crippen LogP contribution in [0.5, 0.6) is 0 Å². The zero-order valence-corrected chi connectivity index (χ0v) is 13.7. The number of carbonyl (C=O) groups is 2. The van der Waals surface area contributed by atoms with Crippen molar-refractivity contribution in [2.24, 2.45) is 0 Å². The zero-order chi connectivity index (χ0) is 19.1. The van der Waals surface area contributed by atoms with E-state index in [1.165, 1.54) is 19.1 Å². The molecule has 0 saturated heterocycles. The number of alkyl halides is 3. The van der Waals surface area contributed by atoms with Crippen molar-refractivity contribution < 1.29 is 27.9 Å². The number of aromatic nitrogens is 1. The van der Waals surface area contributed by atoms with Crippen molar-refractivity contribution in [1.29, 1.82) is 0 Å². The molecule has 0 unspecified atom stereocenters. The summed E-state index contributed by atoms with van der Waals surface area (Å²) >= 11 is 0. The lowest BCUT2D eigenvalue weighted by Crippen LogP contribution is -2.19. The van der Waals surface area contributed by atoms with Gasteiger partial charge in [-0.25, -0.2) is 0 Å². The number of benzene rings is 2. The number of hydrogen-bond donors (Lipinski definition) is 1. The second kappa shape index (κ2) is 6.33.